The van der Waals surface area contributed by atoms with Gasteiger partial charge in [-0.15, -0.1) is 0 Å². The maximum absolute atomic E-state index is 13.1. The molecule has 112 valence electrons. The summed E-state index contributed by atoms with van der Waals surface area (Å²) in [5.41, 5.74) is 3.58. The van der Waals surface area contributed by atoms with Gasteiger partial charge in [0.15, 0.2) is 0 Å². The van der Waals surface area contributed by atoms with Gasteiger partial charge in [0.05, 0.1) is 6.33 Å². The van der Waals surface area contributed by atoms with Crippen LogP contribution in [-0.2, 0) is 13.0 Å². The molecule has 1 aliphatic rings. The number of hydrogen-bond acceptors (Lipinski definition) is 2. The van der Waals surface area contributed by atoms with Crippen LogP contribution in [0.1, 0.15) is 35.6 Å². The van der Waals surface area contributed by atoms with Gasteiger partial charge in [-0.3, -0.25) is 0 Å². The maximum Gasteiger partial charge on any atom is 0.123 e. The first-order chi connectivity index (χ1) is 10.2. The number of benzene rings is 1. The highest BCUT2D eigenvalue weighted by molar-refractivity contribution is 5.26. The highest BCUT2D eigenvalue weighted by Crippen LogP contribution is 2.25. The van der Waals surface area contributed by atoms with Crippen molar-refractivity contribution in [3.63, 3.8) is 0 Å². The molecule has 0 radical (unpaired) electrons. The first kappa shape index (κ1) is 14.3. The third kappa shape index (κ3) is 3.32. The number of piperidine rings is 1. The van der Waals surface area contributed by atoms with Gasteiger partial charge in [0, 0.05) is 24.4 Å². The van der Waals surface area contributed by atoms with Crippen molar-refractivity contribution < 1.29 is 4.39 Å². The topological polar surface area (TPSA) is 29.9 Å². The van der Waals surface area contributed by atoms with Crippen molar-refractivity contribution in [1.29, 1.82) is 0 Å². The lowest BCUT2D eigenvalue weighted by atomic mass is 9.95. The zero-order chi connectivity index (χ0) is 14.7. The van der Waals surface area contributed by atoms with E-state index in [1.165, 1.54) is 24.1 Å². The van der Waals surface area contributed by atoms with Gasteiger partial charge in [-0.2, -0.15) is 0 Å². The molecule has 0 atom stereocenters. The lowest BCUT2D eigenvalue weighted by molar-refractivity contribution is 0.438. The molecule has 2 heterocycles. The van der Waals surface area contributed by atoms with Crippen LogP contribution in [0.5, 0.6) is 0 Å². The van der Waals surface area contributed by atoms with Crippen molar-refractivity contribution in [1.82, 2.24) is 14.9 Å². The summed E-state index contributed by atoms with van der Waals surface area (Å²) < 4.78 is 15.4. The zero-order valence-electron chi connectivity index (χ0n) is 12.5. The monoisotopic (exact) mass is 287 g/mol. The quantitative estimate of drug-likeness (QED) is 0.936. The van der Waals surface area contributed by atoms with E-state index in [0.717, 1.165) is 31.6 Å². The second-order valence-electron chi connectivity index (χ2n) is 5.86. The molecule has 1 aromatic carbocycles. The predicted molar refractivity (Wildman–Crippen MR) is 81.9 cm³/mol. The average Bonchev–Trinajstić information content (AvgIpc) is 2.96. The molecule has 2 aromatic rings. The fourth-order valence-corrected chi connectivity index (χ4v) is 3.16. The minimum absolute atomic E-state index is 0.158. The molecule has 1 N–H and O–H groups in total. The average molecular weight is 287 g/mol. The largest absolute Gasteiger partial charge is 0.334 e. The first-order valence-electron chi connectivity index (χ1n) is 7.70. The minimum Gasteiger partial charge on any atom is -0.334 e. The summed E-state index contributed by atoms with van der Waals surface area (Å²) in [6.07, 6.45) is 7.21. The lowest BCUT2D eigenvalue weighted by Gasteiger charge is -2.23. The molecule has 1 aromatic heterocycles. The Labute approximate surface area is 125 Å². The fourth-order valence-electron chi connectivity index (χ4n) is 3.16. The van der Waals surface area contributed by atoms with Crippen LogP contribution in [0.25, 0.3) is 0 Å². The molecule has 0 saturated carbocycles. The molecule has 0 unspecified atom stereocenters. The van der Waals surface area contributed by atoms with Gasteiger partial charge < -0.3 is 9.88 Å². The van der Waals surface area contributed by atoms with E-state index in [9.17, 15) is 4.39 Å². The van der Waals surface area contributed by atoms with Crippen molar-refractivity contribution in [3.8, 4) is 0 Å². The molecule has 0 spiro atoms. The second kappa shape index (κ2) is 6.39. The molecule has 1 fully saturated rings. The van der Waals surface area contributed by atoms with Crippen LogP contribution in [0.2, 0.25) is 0 Å². The standard InChI is InChI=1S/C17H22FN3/c1-13-10-16(18)3-2-14(13)6-9-21-12-20-11-17(21)15-4-7-19-8-5-15/h2-3,10-12,15,19H,4-9H2,1H3. The lowest BCUT2D eigenvalue weighted by Crippen LogP contribution is -2.27. The van der Waals surface area contributed by atoms with E-state index in [-0.39, 0.29) is 5.82 Å². The Morgan fingerprint density at radius 2 is 2.14 bits per heavy atom. The van der Waals surface area contributed by atoms with Gasteiger partial charge in [0.1, 0.15) is 5.82 Å². The van der Waals surface area contributed by atoms with E-state index >= 15 is 0 Å². The molecule has 21 heavy (non-hydrogen) atoms. The van der Waals surface area contributed by atoms with Gasteiger partial charge in [0.25, 0.3) is 0 Å². The Bertz CT molecular complexity index is 600. The molecular formula is C17H22FN3. The summed E-state index contributed by atoms with van der Waals surface area (Å²) in [5.74, 6) is 0.456. The number of halogens is 1. The molecule has 0 bridgehead atoms. The predicted octanol–water partition coefficient (Wildman–Crippen LogP) is 3.04. The number of imidazole rings is 1. The summed E-state index contributed by atoms with van der Waals surface area (Å²) in [6.45, 7) is 5.06. The molecule has 3 nitrogen and oxygen atoms in total. The van der Waals surface area contributed by atoms with Crippen LogP contribution in [0.15, 0.2) is 30.7 Å². The van der Waals surface area contributed by atoms with E-state index < -0.39 is 0 Å². The fraction of sp³-hybridized carbons (Fsp3) is 0.471. The number of aromatic nitrogens is 2. The Morgan fingerprint density at radius 1 is 1.33 bits per heavy atom. The van der Waals surface area contributed by atoms with Crippen LogP contribution in [0.3, 0.4) is 0 Å². The number of aryl methyl sites for hydroxylation is 3. The Morgan fingerprint density at radius 3 is 2.90 bits per heavy atom. The van der Waals surface area contributed by atoms with Crippen LogP contribution in [-0.4, -0.2) is 22.6 Å². The summed E-state index contributed by atoms with van der Waals surface area (Å²) in [7, 11) is 0. The molecule has 1 saturated heterocycles. The third-order valence-electron chi connectivity index (χ3n) is 4.43. The van der Waals surface area contributed by atoms with Gasteiger partial charge in [-0.25, -0.2) is 9.37 Å². The van der Waals surface area contributed by atoms with E-state index in [0.29, 0.717) is 5.92 Å². The molecule has 1 aliphatic heterocycles. The Hall–Kier alpha value is -1.68. The van der Waals surface area contributed by atoms with Crippen molar-refractivity contribution in [3.05, 3.63) is 53.4 Å². The summed E-state index contributed by atoms with van der Waals surface area (Å²) in [6, 6.07) is 5.05. The van der Waals surface area contributed by atoms with E-state index in [1.807, 2.05) is 25.5 Å². The van der Waals surface area contributed by atoms with Crippen molar-refractivity contribution in [2.45, 2.75) is 38.6 Å². The van der Waals surface area contributed by atoms with Gasteiger partial charge in [-0.05, 0) is 62.5 Å². The molecule has 0 amide bonds. The minimum atomic E-state index is -0.158. The number of nitrogens with one attached hydrogen (secondary N) is 1. The Balaban J connectivity index is 1.69. The van der Waals surface area contributed by atoms with Gasteiger partial charge >= 0.3 is 0 Å². The SMILES string of the molecule is Cc1cc(F)ccc1CCn1cncc1C1CCNCC1. The first-order valence-corrected chi connectivity index (χ1v) is 7.70. The van der Waals surface area contributed by atoms with Crippen LogP contribution < -0.4 is 5.32 Å². The maximum atomic E-state index is 13.1. The van der Waals surface area contributed by atoms with Crippen LogP contribution >= 0.6 is 0 Å². The highest BCUT2D eigenvalue weighted by atomic mass is 19.1. The van der Waals surface area contributed by atoms with Gasteiger partial charge in [0.2, 0.25) is 0 Å². The summed E-state index contributed by atoms with van der Waals surface area (Å²) in [4.78, 5) is 4.33. The number of nitrogens with zero attached hydrogens (tertiary/aromatic N) is 2. The summed E-state index contributed by atoms with van der Waals surface area (Å²) in [5, 5.41) is 3.40. The third-order valence-corrected chi connectivity index (χ3v) is 4.43. The van der Waals surface area contributed by atoms with E-state index in [1.54, 1.807) is 12.1 Å². The number of rotatable bonds is 4. The Kier molecular flexibility index (Phi) is 4.34. The molecule has 3 rings (SSSR count). The second-order valence-corrected chi connectivity index (χ2v) is 5.86. The smallest absolute Gasteiger partial charge is 0.123 e. The number of hydrogen-bond donors (Lipinski definition) is 1. The van der Waals surface area contributed by atoms with Crippen molar-refractivity contribution >= 4 is 0 Å². The van der Waals surface area contributed by atoms with Crippen LogP contribution in [0.4, 0.5) is 4.39 Å². The van der Waals surface area contributed by atoms with Crippen molar-refractivity contribution in [2.75, 3.05) is 13.1 Å². The normalized spacial score (nSPS) is 16.3. The zero-order valence-corrected chi connectivity index (χ0v) is 12.5. The van der Waals surface area contributed by atoms with E-state index in [4.69, 9.17) is 0 Å². The van der Waals surface area contributed by atoms with Crippen molar-refractivity contribution in [2.24, 2.45) is 0 Å². The molecule has 0 aliphatic carbocycles. The van der Waals surface area contributed by atoms with Gasteiger partial charge in [-0.1, -0.05) is 6.07 Å². The molecular weight excluding hydrogens is 265 g/mol. The van der Waals surface area contributed by atoms with E-state index in [2.05, 4.69) is 14.9 Å². The van der Waals surface area contributed by atoms with Crippen LogP contribution in [0, 0.1) is 12.7 Å². The summed E-state index contributed by atoms with van der Waals surface area (Å²) >= 11 is 0. The highest BCUT2D eigenvalue weighted by Gasteiger charge is 2.18. The molecule has 4 heteroatoms.